The molecule has 1 unspecified atom stereocenters. The maximum atomic E-state index is 2.51. The van der Waals surface area contributed by atoms with E-state index in [4.69, 9.17) is 0 Å². The summed E-state index contributed by atoms with van der Waals surface area (Å²) in [6, 6.07) is 0. The normalized spacial score (nSPS) is 13.8. The van der Waals surface area contributed by atoms with Gasteiger partial charge in [-0.3, -0.25) is 0 Å². The lowest BCUT2D eigenvalue weighted by Crippen LogP contribution is -1.88. The molecule has 0 fully saturated rings. The van der Waals surface area contributed by atoms with Crippen molar-refractivity contribution in [3.63, 3.8) is 0 Å². The third-order valence-corrected chi connectivity index (χ3v) is 2.83. The summed E-state index contributed by atoms with van der Waals surface area (Å²) in [5.41, 5.74) is 0. The van der Waals surface area contributed by atoms with Crippen LogP contribution < -0.4 is 0 Å². The van der Waals surface area contributed by atoms with E-state index in [-0.39, 0.29) is 0 Å². The Balaban J connectivity index is 2.91. The van der Waals surface area contributed by atoms with Gasteiger partial charge in [0, 0.05) is 3.92 Å². The highest BCUT2D eigenvalue weighted by Crippen LogP contribution is 2.12. The number of allylic oxidation sites excluding steroid dienone is 2. The molecule has 1 atom stereocenters. The summed E-state index contributed by atoms with van der Waals surface area (Å²) in [6.45, 7) is 4.40. The fraction of sp³-hybridized carbons (Fsp3) is 0.833. The zero-order valence-corrected chi connectivity index (χ0v) is 11.2. The van der Waals surface area contributed by atoms with Gasteiger partial charge in [-0.1, -0.05) is 67.3 Å². The van der Waals surface area contributed by atoms with Gasteiger partial charge in [-0.15, -0.1) is 0 Å². The highest BCUT2D eigenvalue weighted by molar-refractivity contribution is 14.1. The van der Waals surface area contributed by atoms with E-state index in [0.717, 1.165) is 3.92 Å². The van der Waals surface area contributed by atoms with Crippen molar-refractivity contribution in [3.8, 4) is 0 Å². The van der Waals surface area contributed by atoms with Crippen LogP contribution in [0.4, 0.5) is 0 Å². The maximum Gasteiger partial charge on any atom is 0.00813 e. The van der Waals surface area contributed by atoms with Crippen molar-refractivity contribution in [1.82, 2.24) is 0 Å². The average molecular weight is 294 g/mol. The van der Waals surface area contributed by atoms with E-state index in [0.29, 0.717) is 0 Å². The molecule has 0 nitrogen and oxygen atoms in total. The number of hydrogen-bond donors (Lipinski definition) is 0. The summed E-state index contributed by atoms with van der Waals surface area (Å²) < 4.78 is 0.862. The molecule has 0 radical (unpaired) electrons. The second-order valence-electron chi connectivity index (χ2n) is 3.69. The molecule has 0 rings (SSSR count). The summed E-state index contributed by atoms with van der Waals surface area (Å²) in [5, 5.41) is 0. The van der Waals surface area contributed by atoms with Gasteiger partial charge in [-0.05, 0) is 26.2 Å². The third-order valence-electron chi connectivity index (χ3n) is 2.21. The largest absolute Gasteiger partial charge is 0.0917 e. The molecule has 0 saturated heterocycles. The highest BCUT2D eigenvalue weighted by Gasteiger charge is 1.94. The predicted molar refractivity (Wildman–Crippen MR) is 70.6 cm³/mol. The van der Waals surface area contributed by atoms with Gasteiger partial charge in [0.1, 0.15) is 0 Å². The summed E-state index contributed by atoms with van der Waals surface area (Å²) >= 11 is 2.51. The first-order valence-corrected chi connectivity index (χ1v) is 6.77. The number of halogens is 1. The van der Waals surface area contributed by atoms with Crippen molar-refractivity contribution in [2.75, 3.05) is 0 Å². The Hall–Kier alpha value is 0.470. The Labute approximate surface area is 97.3 Å². The Bertz CT molecular complexity index is 116. The van der Waals surface area contributed by atoms with Crippen LogP contribution in [0.2, 0.25) is 0 Å². The van der Waals surface area contributed by atoms with Gasteiger partial charge >= 0.3 is 0 Å². The zero-order chi connectivity index (χ0) is 9.94. The van der Waals surface area contributed by atoms with Crippen LogP contribution in [0, 0.1) is 0 Å². The van der Waals surface area contributed by atoms with Crippen LogP contribution in [0.5, 0.6) is 0 Å². The average Bonchev–Trinajstić information content (AvgIpc) is 2.09. The Kier molecular flexibility index (Phi) is 10.9. The molecule has 0 aromatic heterocycles. The molecule has 0 aromatic rings. The van der Waals surface area contributed by atoms with Crippen LogP contribution in [0.25, 0.3) is 0 Å². The maximum absolute atomic E-state index is 2.51. The number of rotatable bonds is 8. The zero-order valence-electron chi connectivity index (χ0n) is 9.06. The van der Waals surface area contributed by atoms with Crippen LogP contribution in [0.3, 0.4) is 0 Å². The molecule has 0 heterocycles. The molecule has 0 aliphatic rings. The minimum absolute atomic E-state index is 0.862. The monoisotopic (exact) mass is 294 g/mol. The predicted octanol–water partition coefficient (Wildman–Crippen LogP) is 5.12. The van der Waals surface area contributed by atoms with E-state index in [1.807, 2.05) is 0 Å². The summed E-state index contributed by atoms with van der Waals surface area (Å²) in [4.78, 5) is 0. The lowest BCUT2D eigenvalue weighted by molar-refractivity contribution is 0.600. The summed E-state index contributed by atoms with van der Waals surface area (Å²) in [6.07, 6.45) is 14.2. The Morgan fingerprint density at radius 1 is 1.08 bits per heavy atom. The molecule has 0 aromatic carbocycles. The van der Waals surface area contributed by atoms with Crippen LogP contribution >= 0.6 is 22.6 Å². The lowest BCUT2D eigenvalue weighted by atomic mass is 10.1. The van der Waals surface area contributed by atoms with Crippen LogP contribution in [0.15, 0.2) is 12.2 Å². The van der Waals surface area contributed by atoms with E-state index in [9.17, 15) is 0 Å². The van der Waals surface area contributed by atoms with Crippen LogP contribution in [0.1, 0.15) is 58.8 Å². The van der Waals surface area contributed by atoms with Gasteiger partial charge in [0.25, 0.3) is 0 Å². The molecule has 0 saturated carbocycles. The number of unbranched alkanes of at least 4 members (excludes halogenated alkanes) is 5. The lowest BCUT2D eigenvalue weighted by Gasteiger charge is -2.02. The van der Waals surface area contributed by atoms with Gasteiger partial charge in [0.2, 0.25) is 0 Å². The molecule has 13 heavy (non-hydrogen) atoms. The van der Waals surface area contributed by atoms with Gasteiger partial charge in [0.15, 0.2) is 0 Å². The van der Waals surface area contributed by atoms with E-state index in [1.54, 1.807) is 0 Å². The minimum Gasteiger partial charge on any atom is -0.0917 e. The summed E-state index contributed by atoms with van der Waals surface area (Å²) in [7, 11) is 0. The molecule has 0 aliphatic carbocycles. The quantitative estimate of drug-likeness (QED) is 0.252. The Morgan fingerprint density at radius 3 is 2.31 bits per heavy atom. The smallest absolute Gasteiger partial charge is 0.00813 e. The van der Waals surface area contributed by atoms with E-state index < -0.39 is 0 Å². The third kappa shape index (κ3) is 12.5. The fourth-order valence-electron chi connectivity index (χ4n) is 1.38. The van der Waals surface area contributed by atoms with E-state index in [2.05, 4.69) is 48.6 Å². The molecule has 1 heteroatoms. The second-order valence-corrected chi connectivity index (χ2v) is 5.82. The molecule has 0 bridgehead atoms. The molecular weight excluding hydrogens is 271 g/mol. The second kappa shape index (κ2) is 10.6. The first-order chi connectivity index (χ1) is 6.27. The van der Waals surface area contributed by atoms with Crippen molar-refractivity contribution < 1.29 is 0 Å². The fourth-order valence-corrected chi connectivity index (χ4v) is 1.83. The molecular formula is C12H23I. The first kappa shape index (κ1) is 13.5. The summed E-state index contributed by atoms with van der Waals surface area (Å²) in [5.74, 6) is 0. The van der Waals surface area contributed by atoms with Crippen molar-refractivity contribution in [3.05, 3.63) is 12.2 Å². The molecule has 0 N–H and O–H groups in total. The first-order valence-electron chi connectivity index (χ1n) is 5.52. The number of alkyl halides is 1. The molecule has 0 aliphatic heterocycles. The van der Waals surface area contributed by atoms with Crippen molar-refractivity contribution in [1.29, 1.82) is 0 Å². The van der Waals surface area contributed by atoms with Gasteiger partial charge in [0.05, 0.1) is 0 Å². The highest BCUT2D eigenvalue weighted by atomic mass is 127. The van der Waals surface area contributed by atoms with Crippen LogP contribution in [-0.4, -0.2) is 3.92 Å². The van der Waals surface area contributed by atoms with Gasteiger partial charge in [-0.2, -0.15) is 0 Å². The van der Waals surface area contributed by atoms with Gasteiger partial charge in [-0.25, -0.2) is 0 Å². The minimum atomic E-state index is 0.862. The standard InChI is InChI=1S/C12H23I/c1-3-4-5-6-7-8-9-10-11-12(2)13/h3-4,12H,5-11H2,1-2H3. The van der Waals surface area contributed by atoms with Crippen molar-refractivity contribution in [2.24, 2.45) is 0 Å². The van der Waals surface area contributed by atoms with E-state index >= 15 is 0 Å². The SMILES string of the molecule is CC=CCCCCCCCC(C)I. The van der Waals surface area contributed by atoms with Gasteiger partial charge < -0.3 is 0 Å². The molecule has 0 amide bonds. The van der Waals surface area contributed by atoms with Crippen molar-refractivity contribution in [2.45, 2.75) is 62.7 Å². The molecule has 0 spiro atoms. The molecule has 78 valence electrons. The Morgan fingerprint density at radius 2 is 1.69 bits per heavy atom. The van der Waals surface area contributed by atoms with Crippen LogP contribution in [-0.2, 0) is 0 Å². The number of hydrogen-bond acceptors (Lipinski definition) is 0. The van der Waals surface area contributed by atoms with Crippen molar-refractivity contribution >= 4 is 22.6 Å². The topological polar surface area (TPSA) is 0 Å². The van der Waals surface area contributed by atoms with E-state index in [1.165, 1.54) is 44.9 Å².